The van der Waals surface area contributed by atoms with Crippen LogP contribution in [0.4, 0.5) is 0 Å². The number of guanidine groups is 1. The highest BCUT2D eigenvalue weighted by molar-refractivity contribution is 5.79. The molecule has 1 saturated heterocycles. The van der Waals surface area contributed by atoms with Gasteiger partial charge in [-0.2, -0.15) is 0 Å². The van der Waals surface area contributed by atoms with Gasteiger partial charge >= 0.3 is 0 Å². The Morgan fingerprint density at radius 2 is 2.07 bits per heavy atom. The summed E-state index contributed by atoms with van der Waals surface area (Å²) in [5.41, 5.74) is 1.15. The van der Waals surface area contributed by atoms with Crippen LogP contribution in [0.5, 0.6) is 5.88 Å². The van der Waals surface area contributed by atoms with Gasteiger partial charge in [0.2, 0.25) is 5.88 Å². The van der Waals surface area contributed by atoms with Crippen LogP contribution in [0.2, 0.25) is 0 Å². The maximum absolute atomic E-state index is 6.06. The van der Waals surface area contributed by atoms with Crippen molar-refractivity contribution in [1.82, 2.24) is 20.5 Å². The summed E-state index contributed by atoms with van der Waals surface area (Å²) in [6.45, 7) is 6.25. The number of hydrogen-bond donors (Lipinski definition) is 2. The Labute approximate surface area is 162 Å². The number of ether oxygens (including phenoxy) is 2. The Morgan fingerprint density at radius 1 is 1.26 bits per heavy atom. The number of nitrogens with one attached hydrogen (secondary N) is 2. The number of pyridine rings is 1. The molecule has 1 saturated carbocycles. The van der Waals surface area contributed by atoms with E-state index in [9.17, 15) is 0 Å². The van der Waals surface area contributed by atoms with Crippen molar-refractivity contribution in [2.75, 3.05) is 46.4 Å². The van der Waals surface area contributed by atoms with Gasteiger partial charge in [0.05, 0.1) is 13.2 Å². The molecule has 2 aliphatic rings. The third-order valence-electron chi connectivity index (χ3n) is 5.15. The quantitative estimate of drug-likeness (QED) is 0.559. The summed E-state index contributed by atoms with van der Waals surface area (Å²) in [7, 11) is 1.80. The van der Waals surface area contributed by atoms with E-state index >= 15 is 0 Å². The molecule has 0 unspecified atom stereocenters. The molecule has 0 spiro atoms. The largest absolute Gasteiger partial charge is 0.474 e. The Morgan fingerprint density at radius 3 is 2.85 bits per heavy atom. The van der Waals surface area contributed by atoms with Gasteiger partial charge in [0, 0.05) is 52.0 Å². The normalized spacial score (nSPS) is 19.7. The topological polar surface area (TPSA) is 71.0 Å². The minimum Gasteiger partial charge on any atom is -0.474 e. The summed E-state index contributed by atoms with van der Waals surface area (Å²) in [6.07, 6.45) is 8.28. The Kier molecular flexibility index (Phi) is 8.17. The summed E-state index contributed by atoms with van der Waals surface area (Å²) in [5.74, 6) is 1.55. The molecule has 2 N–H and O–H groups in total. The van der Waals surface area contributed by atoms with Gasteiger partial charge in [-0.25, -0.2) is 4.98 Å². The molecule has 0 bridgehead atoms. The first kappa shape index (κ1) is 19.9. The number of aromatic nitrogens is 1. The molecule has 2 fully saturated rings. The van der Waals surface area contributed by atoms with Gasteiger partial charge in [0.1, 0.15) is 6.10 Å². The van der Waals surface area contributed by atoms with Gasteiger partial charge in [-0.15, -0.1) is 0 Å². The molecule has 27 heavy (non-hydrogen) atoms. The minimum absolute atomic E-state index is 0.323. The van der Waals surface area contributed by atoms with E-state index in [2.05, 4.69) is 25.5 Å². The van der Waals surface area contributed by atoms with Gasteiger partial charge in [-0.05, 0) is 37.3 Å². The number of aliphatic imine (C=N–C) groups is 1. The van der Waals surface area contributed by atoms with Crippen molar-refractivity contribution in [2.45, 2.75) is 44.8 Å². The lowest BCUT2D eigenvalue weighted by Crippen LogP contribution is -2.44. The lowest BCUT2D eigenvalue weighted by molar-refractivity contribution is 0.0389. The molecule has 0 aromatic carbocycles. The van der Waals surface area contributed by atoms with Gasteiger partial charge in [-0.3, -0.25) is 9.89 Å². The number of rotatable bonds is 7. The van der Waals surface area contributed by atoms with Crippen LogP contribution in [0.25, 0.3) is 0 Å². The van der Waals surface area contributed by atoms with Crippen LogP contribution in [-0.2, 0) is 11.3 Å². The maximum Gasteiger partial charge on any atom is 0.213 e. The molecule has 1 aliphatic heterocycles. The molecule has 3 rings (SSSR count). The van der Waals surface area contributed by atoms with Gasteiger partial charge < -0.3 is 20.1 Å². The molecule has 7 nitrogen and oxygen atoms in total. The predicted octanol–water partition coefficient (Wildman–Crippen LogP) is 1.79. The first-order valence-corrected chi connectivity index (χ1v) is 10.2. The molecular weight excluding hydrogens is 342 g/mol. The molecule has 7 heteroatoms. The fourth-order valence-corrected chi connectivity index (χ4v) is 3.54. The Hall–Kier alpha value is -1.86. The van der Waals surface area contributed by atoms with E-state index in [1.54, 1.807) is 7.05 Å². The summed E-state index contributed by atoms with van der Waals surface area (Å²) in [6, 6.07) is 4.05. The van der Waals surface area contributed by atoms with E-state index in [1.165, 1.54) is 19.3 Å². The Bertz CT molecular complexity index is 583. The first-order chi connectivity index (χ1) is 13.3. The van der Waals surface area contributed by atoms with E-state index in [1.807, 2.05) is 18.3 Å². The van der Waals surface area contributed by atoms with Crippen molar-refractivity contribution < 1.29 is 9.47 Å². The molecule has 1 aromatic rings. The van der Waals surface area contributed by atoms with Crippen molar-refractivity contribution in [3.63, 3.8) is 0 Å². The zero-order valence-electron chi connectivity index (χ0n) is 16.5. The number of morpholine rings is 1. The summed E-state index contributed by atoms with van der Waals surface area (Å²) >= 11 is 0. The molecule has 0 radical (unpaired) electrons. The van der Waals surface area contributed by atoms with Crippen LogP contribution in [0.1, 0.15) is 37.7 Å². The fourth-order valence-electron chi connectivity index (χ4n) is 3.54. The standard InChI is InChI=1S/C20H33N5O2/c1-21-20(23-9-10-25-11-13-26-14-12-25)24-16-17-7-8-22-19(15-17)27-18-5-3-2-4-6-18/h7-8,15,18H,2-6,9-14,16H2,1H3,(H2,21,23,24). The molecule has 2 heterocycles. The van der Waals surface area contributed by atoms with Crippen LogP contribution >= 0.6 is 0 Å². The second-order valence-corrected chi connectivity index (χ2v) is 7.19. The monoisotopic (exact) mass is 375 g/mol. The number of hydrogen-bond acceptors (Lipinski definition) is 5. The lowest BCUT2D eigenvalue weighted by atomic mass is 9.98. The van der Waals surface area contributed by atoms with E-state index in [-0.39, 0.29) is 0 Å². The van der Waals surface area contributed by atoms with Gasteiger partial charge in [-0.1, -0.05) is 6.42 Å². The average Bonchev–Trinajstić information content (AvgIpc) is 2.72. The second-order valence-electron chi connectivity index (χ2n) is 7.19. The van der Waals surface area contributed by atoms with E-state index < -0.39 is 0 Å². The average molecular weight is 376 g/mol. The maximum atomic E-state index is 6.06. The van der Waals surface area contributed by atoms with Crippen molar-refractivity contribution in [3.8, 4) is 5.88 Å². The van der Waals surface area contributed by atoms with Crippen LogP contribution in [0, 0.1) is 0 Å². The van der Waals surface area contributed by atoms with E-state index in [4.69, 9.17) is 9.47 Å². The van der Waals surface area contributed by atoms with Crippen molar-refractivity contribution >= 4 is 5.96 Å². The smallest absolute Gasteiger partial charge is 0.213 e. The fraction of sp³-hybridized carbons (Fsp3) is 0.700. The highest BCUT2D eigenvalue weighted by Crippen LogP contribution is 2.22. The molecule has 0 atom stereocenters. The number of nitrogens with zero attached hydrogens (tertiary/aromatic N) is 3. The van der Waals surface area contributed by atoms with Gasteiger partial charge in [0.25, 0.3) is 0 Å². The Balaban J connectivity index is 1.40. The summed E-state index contributed by atoms with van der Waals surface area (Å²) < 4.78 is 11.4. The van der Waals surface area contributed by atoms with E-state index in [0.717, 1.165) is 69.6 Å². The molecule has 150 valence electrons. The van der Waals surface area contributed by atoms with Crippen molar-refractivity contribution in [3.05, 3.63) is 23.9 Å². The van der Waals surface area contributed by atoms with Crippen LogP contribution in [0.15, 0.2) is 23.3 Å². The second kappa shape index (κ2) is 11.1. The highest BCUT2D eigenvalue weighted by Gasteiger charge is 2.15. The van der Waals surface area contributed by atoms with E-state index in [0.29, 0.717) is 12.6 Å². The zero-order chi connectivity index (χ0) is 18.7. The minimum atomic E-state index is 0.323. The highest BCUT2D eigenvalue weighted by atomic mass is 16.5. The first-order valence-electron chi connectivity index (χ1n) is 10.2. The third-order valence-corrected chi connectivity index (χ3v) is 5.15. The van der Waals surface area contributed by atoms with Gasteiger partial charge in [0.15, 0.2) is 5.96 Å². The predicted molar refractivity (Wildman–Crippen MR) is 107 cm³/mol. The van der Waals surface area contributed by atoms with Crippen molar-refractivity contribution in [1.29, 1.82) is 0 Å². The van der Waals surface area contributed by atoms with Crippen molar-refractivity contribution in [2.24, 2.45) is 4.99 Å². The molecule has 1 aromatic heterocycles. The molecular formula is C20H33N5O2. The summed E-state index contributed by atoms with van der Waals surface area (Å²) in [4.78, 5) is 11.1. The third kappa shape index (κ3) is 6.99. The van der Waals surface area contributed by atoms with Crippen LogP contribution in [0.3, 0.4) is 0 Å². The summed E-state index contributed by atoms with van der Waals surface area (Å²) in [5, 5.41) is 6.74. The van der Waals surface area contributed by atoms with Crippen LogP contribution in [-0.4, -0.2) is 68.4 Å². The van der Waals surface area contributed by atoms with Crippen LogP contribution < -0.4 is 15.4 Å². The lowest BCUT2D eigenvalue weighted by Gasteiger charge is -2.26. The SMILES string of the molecule is CN=C(NCCN1CCOCC1)NCc1ccnc(OC2CCCCC2)c1. The molecule has 0 amide bonds. The molecule has 1 aliphatic carbocycles. The zero-order valence-corrected chi connectivity index (χ0v) is 16.5.